The molecule has 5 heteroatoms. The van der Waals surface area contributed by atoms with E-state index < -0.39 is 8.25 Å². The first-order valence-corrected chi connectivity index (χ1v) is 2.68. The minimum Gasteiger partial charge on any atom is -0.310 e. The van der Waals surface area contributed by atoms with E-state index in [0.717, 1.165) is 6.21 Å². The average Bonchev–Trinajstić information content (AvgIpc) is 1.61. The quantitative estimate of drug-likeness (QED) is 0.417. The van der Waals surface area contributed by atoms with E-state index in [2.05, 4.69) is 4.52 Å². The van der Waals surface area contributed by atoms with Crippen molar-refractivity contribution in [1.82, 2.24) is 0 Å². The van der Waals surface area contributed by atoms with Crippen LogP contribution in [0.15, 0.2) is 0 Å². The van der Waals surface area contributed by atoms with Crippen molar-refractivity contribution < 1.29 is 14.0 Å². The van der Waals surface area contributed by atoms with Crippen LogP contribution in [-0.4, -0.2) is 17.7 Å². The molecule has 1 unspecified atom stereocenters. The van der Waals surface area contributed by atoms with Crippen LogP contribution in [0.1, 0.15) is 0 Å². The summed E-state index contributed by atoms with van der Waals surface area (Å²) in [6.07, 6.45) is 0.906. The van der Waals surface area contributed by atoms with E-state index in [9.17, 15) is 4.57 Å². The Morgan fingerprint density at radius 1 is 2.00 bits per heavy atom. The van der Waals surface area contributed by atoms with Gasteiger partial charge in [0.2, 0.25) is 0 Å². The molecule has 0 fully saturated rings. The van der Waals surface area contributed by atoms with Crippen LogP contribution >= 0.6 is 8.25 Å². The first kappa shape index (κ1) is 6.69. The summed E-state index contributed by atoms with van der Waals surface area (Å²) in [5, 5.41) is 6.31. The van der Waals surface area contributed by atoms with Gasteiger partial charge in [-0.25, -0.2) is 0 Å². The first-order chi connectivity index (χ1) is 3.27. The largest absolute Gasteiger partial charge is 0.695 e. The van der Waals surface area contributed by atoms with E-state index in [0.29, 0.717) is 0 Å². The van der Waals surface area contributed by atoms with Gasteiger partial charge in [-0.15, -0.1) is 9.42 Å². The zero-order chi connectivity index (χ0) is 5.70. The summed E-state index contributed by atoms with van der Waals surface area (Å²) < 4.78 is 13.6. The van der Waals surface area contributed by atoms with Crippen LogP contribution in [0.4, 0.5) is 0 Å². The Morgan fingerprint density at radius 2 is 2.57 bits per heavy atom. The summed E-state index contributed by atoms with van der Waals surface area (Å²) in [4.78, 5) is 7.87. The van der Waals surface area contributed by atoms with Crippen LogP contribution in [-0.2, 0) is 9.09 Å². The SMILES string of the molecule is N=CCO[P+](=O)O. The highest BCUT2D eigenvalue weighted by atomic mass is 31.1. The molecule has 0 amide bonds. The first-order valence-electron chi connectivity index (χ1n) is 1.55. The topological polar surface area (TPSA) is 70.4 Å². The van der Waals surface area contributed by atoms with Gasteiger partial charge in [0.1, 0.15) is 6.61 Å². The third kappa shape index (κ3) is 5.69. The van der Waals surface area contributed by atoms with Gasteiger partial charge in [-0.2, -0.15) is 0 Å². The van der Waals surface area contributed by atoms with Gasteiger partial charge in [-0.05, 0) is 0 Å². The Balaban J connectivity index is 2.97. The number of rotatable bonds is 3. The van der Waals surface area contributed by atoms with Crippen LogP contribution < -0.4 is 0 Å². The van der Waals surface area contributed by atoms with Gasteiger partial charge in [-0.3, -0.25) is 0 Å². The Labute approximate surface area is 41.6 Å². The van der Waals surface area contributed by atoms with Crippen LogP contribution in [0.5, 0.6) is 0 Å². The average molecular weight is 122 g/mol. The highest BCUT2D eigenvalue weighted by Gasteiger charge is 2.07. The lowest BCUT2D eigenvalue weighted by Gasteiger charge is -1.70. The lowest BCUT2D eigenvalue weighted by atomic mass is 10.8. The molecule has 0 spiro atoms. The summed E-state index contributed by atoms with van der Waals surface area (Å²) in [6, 6.07) is 0. The van der Waals surface area contributed by atoms with Crippen molar-refractivity contribution in [2.75, 3.05) is 6.61 Å². The highest BCUT2D eigenvalue weighted by Crippen LogP contribution is 2.11. The van der Waals surface area contributed by atoms with Crippen molar-refractivity contribution in [2.45, 2.75) is 0 Å². The van der Waals surface area contributed by atoms with E-state index in [4.69, 9.17) is 10.3 Å². The molecule has 2 N–H and O–H groups in total. The number of hydrogen-bond acceptors (Lipinski definition) is 3. The zero-order valence-corrected chi connectivity index (χ0v) is 4.39. The molecule has 1 atom stereocenters. The van der Waals surface area contributed by atoms with Crippen LogP contribution in [0, 0.1) is 5.41 Å². The van der Waals surface area contributed by atoms with Gasteiger partial charge in [0, 0.05) is 10.8 Å². The maximum atomic E-state index is 9.58. The molecule has 7 heavy (non-hydrogen) atoms. The van der Waals surface area contributed by atoms with E-state index in [-0.39, 0.29) is 6.61 Å². The molecule has 0 aromatic carbocycles. The van der Waals surface area contributed by atoms with Crippen LogP contribution in [0.25, 0.3) is 0 Å². The summed E-state index contributed by atoms with van der Waals surface area (Å²) >= 11 is 0. The zero-order valence-electron chi connectivity index (χ0n) is 3.50. The van der Waals surface area contributed by atoms with Gasteiger partial charge in [0.15, 0.2) is 0 Å². The fraction of sp³-hybridized carbons (Fsp3) is 0.500. The van der Waals surface area contributed by atoms with E-state index in [1.54, 1.807) is 0 Å². The summed E-state index contributed by atoms with van der Waals surface area (Å²) in [7, 11) is -2.51. The highest BCUT2D eigenvalue weighted by molar-refractivity contribution is 7.32. The number of nitrogens with one attached hydrogen (secondary N) is 1. The van der Waals surface area contributed by atoms with Crippen molar-refractivity contribution in [2.24, 2.45) is 0 Å². The van der Waals surface area contributed by atoms with Gasteiger partial charge >= 0.3 is 8.25 Å². The molecular formula is C2H5NO3P+. The Bertz CT molecular complexity index is 83.0. The van der Waals surface area contributed by atoms with Crippen LogP contribution in [0.3, 0.4) is 0 Å². The molecule has 0 aromatic rings. The normalized spacial score (nSPS) is 10.7. The summed E-state index contributed by atoms with van der Waals surface area (Å²) in [6.45, 7) is -0.0916. The molecule has 0 aliphatic carbocycles. The molecule has 0 saturated heterocycles. The minimum absolute atomic E-state index is 0.0916. The Hall–Kier alpha value is -0.310. The van der Waals surface area contributed by atoms with Crippen molar-refractivity contribution >= 4 is 14.5 Å². The van der Waals surface area contributed by atoms with Crippen molar-refractivity contribution in [1.29, 1.82) is 5.41 Å². The predicted molar refractivity (Wildman–Crippen MR) is 24.6 cm³/mol. The molecule has 0 aliphatic rings. The molecule has 40 valence electrons. The predicted octanol–water partition coefficient (Wildman–Crippen LogP) is 0.302. The molecule has 0 bridgehead atoms. The van der Waals surface area contributed by atoms with E-state index in [1.165, 1.54) is 0 Å². The lowest BCUT2D eigenvalue weighted by Crippen LogP contribution is -1.83. The maximum absolute atomic E-state index is 9.58. The number of hydrogen-bond donors (Lipinski definition) is 2. The van der Waals surface area contributed by atoms with E-state index in [1.807, 2.05) is 0 Å². The maximum Gasteiger partial charge on any atom is 0.695 e. The van der Waals surface area contributed by atoms with E-state index >= 15 is 0 Å². The Kier molecular flexibility index (Phi) is 3.69. The molecule has 0 aromatic heterocycles. The third-order valence-corrected chi connectivity index (χ3v) is 0.638. The van der Waals surface area contributed by atoms with Gasteiger partial charge < -0.3 is 5.41 Å². The molecule has 0 radical (unpaired) electrons. The molecule has 0 heterocycles. The van der Waals surface area contributed by atoms with Gasteiger partial charge in [0.25, 0.3) is 0 Å². The monoisotopic (exact) mass is 122 g/mol. The molecule has 0 saturated carbocycles. The van der Waals surface area contributed by atoms with Gasteiger partial charge in [0.05, 0.1) is 0 Å². The van der Waals surface area contributed by atoms with Gasteiger partial charge in [-0.1, -0.05) is 0 Å². The minimum atomic E-state index is -2.51. The fourth-order valence-electron chi connectivity index (χ4n) is 0.101. The summed E-state index contributed by atoms with van der Waals surface area (Å²) in [5.74, 6) is 0. The van der Waals surface area contributed by atoms with Crippen molar-refractivity contribution in [3.63, 3.8) is 0 Å². The van der Waals surface area contributed by atoms with Crippen molar-refractivity contribution in [3.8, 4) is 0 Å². The fourth-order valence-corrected chi connectivity index (χ4v) is 0.303. The lowest BCUT2D eigenvalue weighted by molar-refractivity contribution is 0.323. The molecule has 0 aliphatic heterocycles. The molecular weight excluding hydrogens is 117 g/mol. The molecule has 4 nitrogen and oxygen atoms in total. The third-order valence-electron chi connectivity index (χ3n) is 0.268. The second kappa shape index (κ2) is 3.87. The second-order valence-corrected chi connectivity index (χ2v) is 1.47. The standard InChI is InChI=1S/C2H4NO3P/c3-1-2-6-7(4)5/h1,3H,2H2/p+1. The molecule has 0 rings (SSSR count). The second-order valence-electron chi connectivity index (χ2n) is 0.738. The van der Waals surface area contributed by atoms with Crippen molar-refractivity contribution in [3.05, 3.63) is 0 Å². The smallest absolute Gasteiger partial charge is 0.310 e. The van der Waals surface area contributed by atoms with Crippen LogP contribution in [0.2, 0.25) is 0 Å². The summed E-state index contributed by atoms with van der Waals surface area (Å²) in [5.41, 5.74) is 0. The Morgan fingerprint density at radius 3 is 2.71 bits per heavy atom.